The van der Waals surface area contributed by atoms with Gasteiger partial charge in [-0.2, -0.15) is 11.8 Å². The number of rotatable bonds is 5. The van der Waals surface area contributed by atoms with Gasteiger partial charge in [0.25, 0.3) is 0 Å². The molecular weight excluding hydrogens is 216 g/mol. The Hall–Kier alpha value is 0.270. The SMILES string of the molecule is CSC1CCCC(NCCNC(C)(C)C)C1. The summed E-state index contributed by atoms with van der Waals surface area (Å²) in [5, 5.41) is 8.09. The maximum absolute atomic E-state index is 3.68. The summed E-state index contributed by atoms with van der Waals surface area (Å²) in [6, 6.07) is 0.757. The molecule has 2 nitrogen and oxygen atoms in total. The van der Waals surface area contributed by atoms with Crippen LogP contribution in [0.2, 0.25) is 0 Å². The third kappa shape index (κ3) is 6.12. The summed E-state index contributed by atoms with van der Waals surface area (Å²) in [5.41, 5.74) is 0.246. The van der Waals surface area contributed by atoms with E-state index in [-0.39, 0.29) is 5.54 Å². The normalized spacial score (nSPS) is 27.0. The average Bonchev–Trinajstić information content (AvgIpc) is 2.23. The Balaban J connectivity index is 2.08. The van der Waals surface area contributed by atoms with Crippen LogP contribution >= 0.6 is 11.8 Å². The lowest BCUT2D eigenvalue weighted by Gasteiger charge is -2.29. The third-order valence-electron chi connectivity index (χ3n) is 3.17. The van der Waals surface area contributed by atoms with Crippen molar-refractivity contribution < 1.29 is 0 Å². The molecule has 1 aliphatic carbocycles. The Kier molecular flexibility index (Phi) is 6.16. The van der Waals surface area contributed by atoms with Gasteiger partial charge in [-0.15, -0.1) is 0 Å². The van der Waals surface area contributed by atoms with Crippen LogP contribution in [0.25, 0.3) is 0 Å². The van der Waals surface area contributed by atoms with Gasteiger partial charge in [0.15, 0.2) is 0 Å². The van der Waals surface area contributed by atoms with E-state index < -0.39 is 0 Å². The maximum Gasteiger partial charge on any atom is 0.00970 e. The molecule has 0 spiro atoms. The molecule has 1 saturated carbocycles. The standard InChI is InChI=1S/C13H28N2S/c1-13(2,3)15-9-8-14-11-6-5-7-12(10-11)16-4/h11-12,14-15H,5-10H2,1-4H3. The van der Waals surface area contributed by atoms with Crippen molar-refractivity contribution in [2.24, 2.45) is 0 Å². The molecule has 0 aliphatic heterocycles. The zero-order valence-electron chi connectivity index (χ0n) is 11.3. The summed E-state index contributed by atoms with van der Waals surface area (Å²) >= 11 is 2.04. The lowest BCUT2D eigenvalue weighted by molar-refractivity contribution is 0.363. The molecule has 0 aromatic heterocycles. The van der Waals surface area contributed by atoms with E-state index in [2.05, 4.69) is 37.7 Å². The fraction of sp³-hybridized carbons (Fsp3) is 1.00. The van der Waals surface area contributed by atoms with Gasteiger partial charge in [-0.25, -0.2) is 0 Å². The van der Waals surface area contributed by atoms with Gasteiger partial charge in [0.2, 0.25) is 0 Å². The molecule has 1 rings (SSSR count). The van der Waals surface area contributed by atoms with E-state index >= 15 is 0 Å². The van der Waals surface area contributed by atoms with E-state index in [9.17, 15) is 0 Å². The summed E-state index contributed by atoms with van der Waals surface area (Å²) in [6.45, 7) is 8.83. The molecule has 2 atom stereocenters. The molecule has 0 radical (unpaired) electrons. The second-order valence-electron chi connectivity index (χ2n) is 5.85. The van der Waals surface area contributed by atoms with E-state index in [1.165, 1.54) is 25.7 Å². The van der Waals surface area contributed by atoms with Crippen LogP contribution in [0.4, 0.5) is 0 Å². The van der Waals surface area contributed by atoms with Gasteiger partial charge in [0, 0.05) is 29.9 Å². The molecule has 1 aliphatic rings. The first-order valence-corrected chi connectivity index (χ1v) is 7.81. The largest absolute Gasteiger partial charge is 0.313 e. The Morgan fingerprint density at radius 3 is 2.56 bits per heavy atom. The fourth-order valence-electron chi connectivity index (χ4n) is 2.26. The number of thioether (sulfide) groups is 1. The van der Waals surface area contributed by atoms with Gasteiger partial charge in [-0.05, 0) is 46.3 Å². The van der Waals surface area contributed by atoms with Crippen molar-refractivity contribution in [3.8, 4) is 0 Å². The van der Waals surface area contributed by atoms with Gasteiger partial charge < -0.3 is 10.6 Å². The minimum Gasteiger partial charge on any atom is -0.313 e. The van der Waals surface area contributed by atoms with Crippen LogP contribution in [0.5, 0.6) is 0 Å². The van der Waals surface area contributed by atoms with E-state index in [0.29, 0.717) is 0 Å². The molecule has 2 N–H and O–H groups in total. The predicted octanol–water partition coefficient (Wildman–Crippen LogP) is 2.64. The molecule has 0 saturated heterocycles. The van der Waals surface area contributed by atoms with Gasteiger partial charge in [-0.1, -0.05) is 6.42 Å². The highest BCUT2D eigenvalue weighted by Crippen LogP contribution is 2.26. The summed E-state index contributed by atoms with van der Waals surface area (Å²) in [7, 11) is 0. The second kappa shape index (κ2) is 6.87. The quantitative estimate of drug-likeness (QED) is 0.727. The van der Waals surface area contributed by atoms with Gasteiger partial charge in [0.1, 0.15) is 0 Å². The zero-order valence-corrected chi connectivity index (χ0v) is 12.1. The van der Waals surface area contributed by atoms with Crippen molar-refractivity contribution in [1.82, 2.24) is 10.6 Å². The molecule has 0 aromatic rings. The Morgan fingerprint density at radius 2 is 1.94 bits per heavy atom. The molecule has 0 amide bonds. The summed E-state index contributed by atoms with van der Waals surface area (Å²) in [5.74, 6) is 0. The molecule has 0 heterocycles. The fourth-order valence-corrected chi connectivity index (χ4v) is 3.09. The first kappa shape index (κ1) is 14.3. The number of nitrogens with one attached hydrogen (secondary N) is 2. The molecule has 3 heteroatoms. The number of hydrogen-bond acceptors (Lipinski definition) is 3. The molecule has 0 aromatic carbocycles. The zero-order chi connectivity index (χ0) is 12.0. The highest BCUT2D eigenvalue weighted by atomic mass is 32.2. The average molecular weight is 244 g/mol. The third-order valence-corrected chi connectivity index (χ3v) is 4.27. The molecule has 1 fully saturated rings. The van der Waals surface area contributed by atoms with Crippen molar-refractivity contribution in [1.29, 1.82) is 0 Å². The maximum atomic E-state index is 3.68. The topological polar surface area (TPSA) is 24.1 Å². The predicted molar refractivity (Wildman–Crippen MR) is 75.3 cm³/mol. The Labute approximate surface area is 105 Å². The Morgan fingerprint density at radius 1 is 1.19 bits per heavy atom. The smallest absolute Gasteiger partial charge is 0.00970 e. The monoisotopic (exact) mass is 244 g/mol. The minimum atomic E-state index is 0.246. The van der Waals surface area contributed by atoms with Crippen molar-refractivity contribution in [3.63, 3.8) is 0 Å². The summed E-state index contributed by atoms with van der Waals surface area (Å²) in [6.07, 6.45) is 7.78. The van der Waals surface area contributed by atoms with Crippen LogP contribution in [0.3, 0.4) is 0 Å². The Bertz CT molecular complexity index is 189. The van der Waals surface area contributed by atoms with Crippen LogP contribution in [-0.2, 0) is 0 Å². The lowest BCUT2D eigenvalue weighted by Crippen LogP contribution is -2.43. The van der Waals surface area contributed by atoms with Crippen molar-refractivity contribution in [3.05, 3.63) is 0 Å². The molecular formula is C13H28N2S. The van der Waals surface area contributed by atoms with E-state index in [1.54, 1.807) is 0 Å². The van der Waals surface area contributed by atoms with Gasteiger partial charge in [-0.3, -0.25) is 0 Å². The summed E-state index contributed by atoms with van der Waals surface area (Å²) < 4.78 is 0. The summed E-state index contributed by atoms with van der Waals surface area (Å²) in [4.78, 5) is 0. The highest BCUT2D eigenvalue weighted by Gasteiger charge is 2.20. The molecule has 0 bridgehead atoms. The van der Waals surface area contributed by atoms with Crippen LogP contribution < -0.4 is 10.6 Å². The first-order valence-electron chi connectivity index (χ1n) is 6.52. The number of hydrogen-bond donors (Lipinski definition) is 2. The molecule has 96 valence electrons. The van der Waals surface area contributed by atoms with E-state index in [0.717, 1.165) is 24.4 Å². The minimum absolute atomic E-state index is 0.246. The second-order valence-corrected chi connectivity index (χ2v) is 6.99. The lowest BCUT2D eigenvalue weighted by atomic mass is 9.95. The molecule has 16 heavy (non-hydrogen) atoms. The van der Waals surface area contributed by atoms with Crippen molar-refractivity contribution in [2.75, 3.05) is 19.3 Å². The van der Waals surface area contributed by atoms with Crippen LogP contribution in [0.1, 0.15) is 46.5 Å². The van der Waals surface area contributed by atoms with E-state index in [4.69, 9.17) is 0 Å². The van der Waals surface area contributed by atoms with Crippen LogP contribution in [0.15, 0.2) is 0 Å². The van der Waals surface area contributed by atoms with Crippen LogP contribution in [-0.4, -0.2) is 36.2 Å². The van der Waals surface area contributed by atoms with Gasteiger partial charge in [0.05, 0.1) is 0 Å². The first-order chi connectivity index (χ1) is 7.51. The van der Waals surface area contributed by atoms with Gasteiger partial charge >= 0.3 is 0 Å². The van der Waals surface area contributed by atoms with Crippen molar-refractivity contribution >= 4 is 11.8 Å². The van der Waals surface area contributed by atoms with Crippen molar-refractivity contribution in [2.45, 2.75) is 63.3 Å². The molecule has 2 unspecified atom stereocenters. The van der Waals surface area contributed by atoms with Crippen LogP contribution in [0, 0.1) is 0 Å². The van der Waals surface area contributed by atoms with E-state index in [1.807, 2.05) is 11.8 Å². The highest BCUT2D eigenvalue weighted by molar-refractivity contribution is 7.99.